The Morgan fingerprint density at radius 3 is 2.95 bits per heavy atom. The van der Waals surface area contributed by atoms with Crippen LogP contribution in [0.5, 0.6) is 5.75 Å². The molecule has 1 atom stereocenters. The Morgan fingerprint density at radius 1 is 1.47 bits per heavy atom. The number of ether oxygens (including phenoxy) is 1. The molecule has 0 amide bonds. The van der Waals surface area contributed by atoms with Crippen molar-refractivity contribution in [3.8, 4) is 17.1 Å². The lowest BCUT2D eigenvalue weighted by Gasteiger charge is -2.09. The summed E-state index contributed by atoms with van der Waals surface area (Å²) in [6, 6.07) is 5.28. The third kappa shape index (κ3) is 3.08. The summed E-state index contributed by atoms with van der Waals surface area (Å²) in [6.07, 6.45) is 1.65. The Balaban J connectivity index is 2.36. The maximum atomic E-state index is 11.1. The highest BCUT2D eigenvalue weighted by atomic mass is 32.2. The van der Waals surface area contributed by atoms with E-state index in [-0.39, 0.29) is 0 Å². The van der Waals surface area contributed by atoms with Gasteiger partial charge in [0.1, 0.15) is 5.75 Å². The minimum absolute atomic E-state index is 0.485. The molecule has 0 saturated carbocycles. The molecule has 19 heavy (non-hydrogen) atoms. The van der Waals surface area contributed by atoms with Crippen LogP contribution >= 0.6 is 0 Å². The van der Waals surface area contributed by atoms with Gasteiger partial charge in [-0.05, 0) is 22.6 Å². The summed E-state index contributed by atoms with van der Waals surface area (Å²) < 4.78 is 18.0. The topological polar surface area (TPSA) is 95.9 Å². The summed E-state index contributed by atoms with van der Waals surface area (Å²) in [6.45, 7) is 0.485. The molecule has 0 aliphatic carbocycles. The van der Waals surface area contributed by atoms with Gasteiger partial charge in [0.25, 0.3) is 0 Å². The number of nitrogens with two attached hydrogens (primary N) is 1. The van der Waals surface area contributed by atoms with E-state index in [0.717, 1.165) is 5.56 Å². The van der Waals surface area contributed by atoms with Gasteiger partial charge < -0.3 is 10.5 Å². The van der Waals surface area contributed by atoms with Crippen molar-refractivity contribution in [2.45, 2.75) is 6.54 Å². The lowest BCUT2D eigenvalue weighted by Crippen LogP contribution is -2.10. The molecule has 7 nitrogen and oxygen atoms in total. The van der Waals surface area contributed by atoms with Crippen LogP contribution in [0, 0.1) is 0 Å². The largest absolute Gasteiger partial charge is 0.496 e. The second kappa shape index (κ2) is 5.79. The van der Waals surface area contributed by atoms with Gasteiger partial charge in [0.2, 0.25) is 0 Å². The van der Waals surface area contributed by atoms with E-state index >= 15 is 0 Å². The van der Waals surface area contributed by atoms with Crippen molar-refractivity contribution >= 4 is 16.5 Å². The normalized spacial score (nSPS) is 12.3. The van der Waals surface area contributed by atoms with E-state index in [1.165, 1.54) is 0 Å². The Labute approximate surface area is 113 Å². The van der Waals surface area contributed by atoms with Crippen LogP contribution in [0.2, 0.25) is 0 Å². The van der Waals surface area contributed by atoms with Crippen molar-refractivity contribution in [2.75, 3.05) is 24.9 Å². The third-order valence-electron chi connectivity index (χ3n) is 2.59. The number of benzene rings is 1. The van der Waals surface area contributed by atoms with Gasteiger partial charge in [0.05, 0.1) is 19.2 Å². The molecule has 1 heterocycles. The second-order valence-electron chi connectivity index (χ2n) is 3.96. The number of methoxy groups -OCH3 is 1. The summed E-state index contributed by atoms with van der Waals surface area (Å²) in [5.41, 5.74) is 7.07. The number of hydrogen-bond acceptors (Lipinski definition) is 6. The number of nitrogen functional groups attached to an aromatic ring is 1. The van der Waals surface area contributed by atoms with Crippen LogP contribution in [-0.4, -0.2) is 43.5 Å². The fourth-order valence-electron chi connectivity index (χ4n) is 1.66. The minimum Gasteiger partial charge on any atom is -0.496 e. The first-order valence-electron chi connectivity index (χ1n) is 5.62. The highest BCUT2D eigenvalue weighted by molar-refractivity contribution is 7.84. The van der Waals surface area contributed by atoms with Crippen LogP contribution in [0.15, 0.2) is 18.2 Å². The van der Waals surface area contributed by atoms with E-state index in [0.29, 0.717) is 29.6 Å². The molecule has 2 aromatic rings. The number of nitrogens with zero attached hydrogens (tertiary/aromatic N) is 4. The molecular formula is C11H15N5O2S. The monoisotopic (exact) mass is 281 g/mol. The SMILES string of the molecule is COc1cc(N)ccc1-c1nnnn1CCS(C)=O. The smallest absolute Gasteiger partial charge is 0.185 e. The molecule has 8 heteroatoms. The van der Waals surface area contributed by atoms with Gasteiger partial charge in [-0.25, -0.2) is 4.68 Å². The van der Waals surface area contributed by atoms with Gasteiger partial charge in [-0.3, -0.25) is 4.21 Å². The molecule has 0 aliphatic rings. The van der Waals surface area contributed by atoms with Crippen LogP contribution < -0.4 is 10.5 Å². The predicted octanol–water partition coefficient (Wildman–Crippen LogP) is 0.309. The summed E-state index contributed by atoms with van der Waals surface area (Å²) in [4.78, 5) is 0. The Bertz CT molecular complexity index is 599. The molecule has 2 rings (SSSR count). The van der Waals surface area contributed by atoms with Gasteiger partial charge in [-0.2, -0.15) is 0 Å². The molecular weight excluding hydrogens is 266 g/mol. The third-order valence-corrected chi connectivity index (χ3v) is 3.35. The first-order chi connectivity index (χ1) is 9.11. The zero-order valence-electron chi connectivity index (χ0n) is 10.7. The first kappa shape index (κ1) is 13.5. The number of anilines is 1. The minimum atomic E-state index is -0.893. The van der Waals surface area contributed by atoms with E-state index in [4.69, 9.17) is 10.5 Å². The molecule has 0 aliphatic heterocycles. The van der Waals surface area contributed by atoms with Gasteiger partial charge in [0, 0.05) is 34.6 Å². The van der Waals surface area contributed by atoms with Crippen molar-refractivity contribution in [1.82, 2.24) is 20.2 Å². The fourth-order valence-corrected chi connectivity index (χ4v) is 2.09. The summed E-state index contributed by atoms with van der Waals surface area (Å²) in [5, 5.41) is 11.5. The van der Waals surface area contributed by atoms with Crippen LogP contribution in [0.25, 0.3) is 11.4 Å². The average Bonchev–Trinajstić information content (AvgIpc) is 2.84. The van der Waals surface area contributed by atoms with E-state index in [1.807, 2.05) is 0 Å². The van der Waals surface area contributed by atoms with Crippen LogP contribution in [0.4, 0.5) is 5.69 Å². The maximum absolute atomic E-state index is 11.1. The van der Waals surface area contributed by atoms with E-state index < -0.39 is 10.8 Å². The maximum Gasteiger partial charge on any atom is 0.185 e. The molecule has 0 spiro atoms. The molecule has 1 unspecified atom stereocenters. The van der Waals surface area contributed by atoms with E-state index in [9.17, 15) is 4.21 Å². The summed E-state index contributed by atoms with van der Waals surface area (Å²) in [7, 11) is 0.670. The van der Waals surface area contributed by atoms with Gasteiger partial charge in [-0.15, -0.1) is 5.10 Å². The van der Waals surface area contributed by atoms with Crippen molar-refractivity contribution in [1.29, 1.82) is 0 Å². The Morgan fingerprint density at radius 2 is 2.26 bits per heavy atom. The molecule has 0 radical (unpaired) electrons. The summed E-state index contributed by atoms with van der Waals surface area (Å²) >= 11 is 0. The lowest BCUT2D eigenvalue weighted by atomic mass is 10.1. The predicted molar refractivity (Wildman–Crippen MR) is 73.2 cm³/mol. The average molecular weight is 281 g/mol. The lowest BCUT2D eigenvalue weighted by molar-refractivity contribution is 0.416. The van der Waals surface area contributed by atoms with Crippen molar-refractivity contribution in [3.05, 3.63) is 18.2 Å². The highest BCUT2D eigenvalue weighted by Crippen LogP contribution is 2.29. The fraction of sp³-hybridized carbons (Fsp3) is 0.364. The molecule has 102 valence electrons. The number of rotatable bonds is 5. The van der Waals surface area contributed by atoms with Gasteiger partial charge >= 0.3 is 0 Å². The molecule has 0 fully saturated rings. The van der Waals surface area contributed by atoms with Crippen molar-refractivity contribution < 1.29 is 8.95 Å². The first-order valence-corrected chi connectivity index (χ1v) is 7.34. The Kier molecular flexibility index (Phi) is 4.10. The number of aryl methyl sites for hydroxylation is 1. The second-order valence-corrected chi connectivity index (χ2v) is 5.52. The number of aromatic nitrogens is 4. The standard InChI is InChI=1S/C11H15N5O2S/c1-18-10-7-8(12)3-4-9(10)11-13-14-15-16(11)5-6-19(2)17/h3-4,7H,5-6,12H2,1-2H3. The Hall–Kier alpha value is -1.96. The van der Waals surface area contributed by atoms with Crippen molar-refractivity contribution in [3.63, 3.8) is 0 Å². The van der Waals surface area contributed by atoms with Crippen LogP contribution in [0.3, 0.4) is 0 Å². The summed E-state index contributed by atoms with van der Waals surface area (Å²) in [5.74, 6) is 1.67. The van der Waals surface area contributed by atoms with Crippen molar-refractivity contribution in [2.24, 2.45) is 0 Å². The molecule has 1 aromatic heterocycles. The molecule has 2 N–H and O–H groups in total. The number of hydrogen-bond donors (Lipinski definition) is 1. The van der Waals surface area contributed by atoms with Gasteiger partial charge in [-0.1, -0.05) is 0 Å². The van der Waals surface area contributed by atoms with E-state index in [1.54, 1.807) is 36.2 Å². The molecule has 0 saturated heterocycles. The zero-order chi connectivity index (χ0) is 13.8. The zero-order valence-corrected chi connectivity index (χ0v) is 11.6. The highest BCUT2D eigenvalue weighted by Gasteiger charge is 2.14. The van der Waals surface area contributed by atoms with Crippen LogP contribution in [-0.2, 0) is 17.3 Å². The molecule has 1 aromatic carbocycles. The van der Waals surface area contributed by atoms with Gasteiger partial charge in [0.15, 0.2) is 5.82 Å². The molecule has 0 bridgehead atoms. The van der Waals surface area contributed by atoms with Crippen LogP contribution in [0.1, 0.15) is 0 Å². The van der Waals surface area contributed by atoms with E-state index in [2.05, 4.69) is 15.5 Å². The quantitative estimate of drug-likeness (QED) is 0.792. The number of tetrazole rings is 1.